The number of hydrogen-bond donors (Lipinski definition) is 2. The zero-order valence-corrected chi connectivity index (χ0v) is 9.59. The van der Waals surface area contributed by atoms with Gasteiger partial charge in [-0.2, -0.15) is 5.26 Å². The van der Waals surface area contributed by atoms with Crippen LogP contribution < -0.4 is 0 Å². The Morgan fingerprint density at radius 2 is 1.95 bits per heavy atom. The highest BCUT2D eigenvalue weighted by molar-refractivity contribution is 5.91. The first kappa shape index (κ1) is 12.6. The second kappa shape index (κ2) is 4.78. The molecule has 0 aromatic heterocycles. The highest BCUT2D eigenvalue weighted by Gasteiger charge is 2.12. The van der Waals surface area contributed by atoms with Crippen LogP contribution in [0.4, 0.5) is 4.39 Å². The van der Waals surface area contributed by atoms with Crippen molar-refractivity contribution in [3.05, 3.63) is 53.3 Å². The van der Waals surface area contributed by atoms with Crippen molar-refractivity contribution in [2.24, 2.45) is 0 Å². The van der Waals surface area contributed by atoms with Crippen molar-refractivity contribution >= 4 is 5.97 Å². The zero-order chi connectivity index (χ0) is 14.0. The SMILES string of the molecule is N#Cc1ccc(F)c(-c2ccc(C(=O)O)c(O)c2)c1. The molecular formula is C14H8FNO3. The third kappa shape index (κ3) is 2.38. The molecule has 2 N–H and O–H groups in total. The first-order valence-corrected chi connectivity index (χ1v) is 5.29. The summed E-state index contributed by atoms with van der Waals surface area (Å²) in [6.45, 7) is 0. The Hall–Kier alpha value is -2.87. The summed E-state index contributed by atoms with van der Waals surface area (Å²) >= 11 is 0. The summed E-state index contributed by atoms with van der Waals surface area (Å²) in [7, 11) is 0. The van der Waals surface area contributed by atoms with Crippen molar-refractivity contribution in [2.45, 2.75) is 0 Å². The van der Waals surface area contributed by atoms with E-state index < -0.39 is 17.5 Å². The molecule has 0 saturated carbocycles. The molecule has 0 bridgehead atoms. The van der Waals surface area contributed by atoms with Gasteiger partial charge >= 0.3 is 5.97 Å². The molecule has 0 atom stereocenters. The van der Waals surface area contributed by atoms with Crippen molar-refractivity contribution in [3.8, 4) is 22.9 Å². The predicted molar refractivity (Wildman–Crippen MR) is 65.2 cm³/mol. The number of nitrogens with zero attached hydrogens (tertiary/aromatic N) is 1. The molecule has 0 aliphatic carbocycles. The molecule has 5 heteroatoms. The van der Waals surface area contributed by atoms with Gasteiger partial charge < -0.3 is 10.2 Å². The zero-order valence-electron chi connectivity index (χ0n) is 9.59. The van der Waals surface area contributed by atoms with Crippen LogP contribution in [-0.2, 0) is 0 Å². The van der Waals surface area contributed by atoms with E-state index >= 15 is 0 Å². The third-order valence-electron chi connectivity index (χ3n) is 2.63. The van der Waals surface area contributed by atoms with E-state index in [2.05, 4.69) is 0 Å². The molecule has 0 amide bonds. The van der Waals surface area contributed by atoms with E-state index in [-0.39, 0.29) is 16.7 Å². The number of carboxylic acid groups (broad SMARTS) is 1. The van der Waals surface area contributed by atoms with E-state index in [1.54, 1.807) is 0 Å². The van der Waals surface area contributed by atoms with Gasteiger partial charge in [-0.3, -0.25) is 0 Å². The second-order valence-electron chi connectivity index (χ2n) is 3.84. The highest BCUT2D eigenvalue weighted by Crippen LogP contribution is 2.29. The first-order valence-electron chi connectivity index (χ1n) is 5.29. The fourth-order valence-corrected chi connectivity index (χ4v) is 1.70. The highest BCUT2D eigenvalue weighted by atomic mass is 19.1. The number of rotatable bonds is 2. The molecule has 2 aromatic carbocycles. The van der Waals surface area contributed by atoms with Crippen LogP contribution in [0, 0.1) is 17.1 Å². The van der Waals surface area contributed by atoms with Crippen LogP contribution in [0.15, 0.2) is 36.4 Å². The van der Waals surface area contributed by atoms with Gasteiger partial charge in [-0.05, 0) is 35.9 Å². The Balaban J connectivity index is 2.57. The van der Waals surface area contributed by atoms with Gasteiger partial charge in [0.15, 0.2) is 0 Å². The minimum absolute atomic E-state index is 0.131. The molecule has 94 valence electrons. The van der Waals surface area contributed by atoms with Crippen LogP contribution in [0.5, 0.6) is 5.75 Å². The summed E-state index contributed by atoms with van der Waals surface area (Å²) in [6, 6.07) is 9.43. The van der Waals surface area contributed by atoms with Crippen LogP contribution in [-0.4, -0.2) is 16.2 Å². The minimum atomic E-state index is -1.27. The third-order valence-corrected chi connectivity index (χ3v) is 2.63. The molecular weight excluding hydrogens is 249 g/mol. The molecule has 2 aromatic rings. The Morgan fingerprint density at radius 3 is 2.53 bits per heavy atom. The molecule has 0 saturated heterocycles. The Bertz CT molecular complexity index is 704. The average Bonchev–Trinajstić information content (AvgIpc) is 2.38. The van der Waals surface area contributed by atoms with Crippen molar-refractivity contribution in [3.63, 3.8) is 0 Å². The number of carbonyl (C=O) groups is 1. The van der Waals surface area contributed by atoms with Gasteiger partial charge in [0.2, 0.25) is 0 Å². The molecule has 0 aliphatic rings. The summed E-state index contributed by atoms with van der Waals surface area (Å²) in [5, 5.41) is 27.1. The molecule has 0 fully saturated rings. The van der Waals surface area contributed by atoms with E-state index in [4.69, 9.17) is 10.4 Å². The lowest BCUT2D eigenvalue weighted by Crippen LogP contribution is -1.97. The Labute approximate surface area is 108 Å². The van der Waals surface area contributed by atoms with E-state index in [1.165, 1.54) is 24.3 Å². The quantitative estimate of drug-likeness (QED) is 0.866. The number of halogens is 1. The fourth-order valence-electron chi connectivity index (χ4n) is 1.70. The number of phenols is 1. The Kier molecular flexibility index (Phi) is 3.17. The van der Waals surface area contributed by atoms with E-state index in [1.807, 2.05) is 6.07 Å². The first-order chi connectivity index (χ1) is 9.02. The average molecular weight is 257 g/mol. The lowest BCUT2D eigenvalue weighted by atomic mass is 10.0. The van der Waals surface area contributed by atoms with Gasteiger partial charge in [-0.15, -0.1) is 0 Å². The van der Waals surface area contributed by atoms with E-state index in [0.29, 0.717) is 5.56 Å². The number of aromatic carboxylic acids is 1. The van der Waals surface area contributed by atoms with Crippen molar-refractivity contribution in [1.29, 1.82) is 5.26 Å². The van der Waals surface area contributed by atoms with Crippen molar-refractivity contribution in [2.75, 3.05) is 0 Å². The van der Waals surface area contributed by atoms with E-state index in [9.17, 15) is 14.3 Å². The van der Waals surface area contributed by atoms with Gasteiger partial charge in [0.05, 0.1) is 11.6 Å². The lowest BCUT2D eigenvalue weighted by molar-refractivity contribution is 0.0694. The van der Waals surface area contributed by atoms with Gasteiger partial charge in [-0.1, -0.05) is 6.07 Å². The van der Waals surface area contributed by atoms with Crippen LogP contribution in [0.3, 0.4) is 0 Å². The van der Waals surface area contributed by atoms with Crippen molar-refractivity contribution < 1.29 is 19.4 Å². The van der Waals surface area contributed by atoms with Crippen LogP contribution >= 0.6 is 0 Å². The van der Waals surface area contributed by atoms with Crippen LogP contribution in [0.1, 0.15) is 15.9 Å². The number of nitriles is 1. The van der Waals surface area contributed by atoms with Crippen LogP contribution in [0.25, 0.3) is 11.1 Å². The summed E-state index contributed by atoms with van der Waals surface area (Å²) in [6.07, 6.45) is 0. The van der Waals surface area contributed by atoms with Crippen molar-refractivity contribution in [1.82, 2.24) is 0 Å². The van der Waals surface area contributed by atoms with Gasteiger partial charge in [0.1, 0.15) is 17.1 Å². The lowest BCUT2D eigenvalue weighted by Gasteiger charge is -2.06. The molecule has 2 rings (SSSR count). The maximum Gasteiger partial charge on any atom is 0.339 e. The van der Waals surface area contributed by atoms with Gasteiger partial charge in [0.25, 0.3) is 0 Å². The number of benzene rings is 2. The summed E-state index contributed by atoms with van der Waals surface area (Å²) in [5.41, 5.74) is 0.446. The molecule has 0 unspecified atom stereocenters. The summed E-state index contributed by atoms with van der Waals surface area (Å²) < 4.78 is 13.7. The number of hydrogen-bond acceptors (Lipinski definition) is 3. The fraction of sp³-hybridized carbons (Fsp3) is 0. The second-order valence-corrected chi connectivity index (χ2v) is 3.84. The molecule has 0 heterocycles. The monoisotopic (exact) mass is 257 g/mol. The number of aromatic hydroxyl groups is 1. The van der Waals surface area contributed by atoms with Gasteiger partial charge in [0, 0.05) is 5.56 Å². The molecule has 4 nitrogen and oxygen atoms in total. The molecule has 0 spiro atoms. The van der Waals surface area contributed by atoms with Gasteiger partial charge in [-0.25, -0.2) is 9.18 Å². The summed E-state index contributed by atoms with van der Waals surface area (Å²) in [5.74, 6) is -2.27. The van der Waals surface area contributed by atoms with Crippen LogP contribution in [0.2, 0.25) is 0 Å². The maximum absolute atomic E-state index is 13.7. The molecule has 0 radical (unpaired) electrons. The Morgan fingerprint density at radius 1 is 1.21 bits per heavy atom. The maximum atomic E-state index is 13.7. The number of carboxylic acids is 1. The normalized spacial score (nSPS) is 9.89. The topological polar surface area (TPSA) is 81.3 Å². The standard InChI is InChI=1S/C14H8FNO3/c15-12-4-1-8(7-16)5-11(12)9-2-3-10(14(18)19)13(17)6-9/h1-6,17H,(H,18,19). The molecule has 0 aliphatic heterocycles. The summed E-state index contributed by atoms with van der Waals surface area (Å²) in [4.78, 5) is 10.8. The molecule has 19 heavy (non-hydrogen) atoms. The van der Waals surface area contributed by atoms with E-state index in [0.717, 1.165) is 12.1 Å². The predicted octanol–water partition coefficient (Wildman–Crippen LogP) is 2.77. The largest absolute Gasteiger partial charge is 0.507 e. The smallest absolute Gasteiger partial charge is 0.339 e. The minimum Gasteiger partial charge on any atom is -0.507 e.